The van der Waals surface area contributed by atoms with Gasteiger partial charge in [-0.3, -0.25) is 0 Å². The topological polar surface area (TPSA) is 37.9 Å². The summed E-state index contributed by atoms with van der Waals surface area (Å²) >= 11 is 0. The molecule has 1 N–H and O–H groups in total. The van der Waals surface area contributed by atoms with Crippen molar-refractivity contribution in [3.8, 4) is 5.75 Å². The number of nitrogens with one attached hydrogen (secondary N) is 1. The Morgan fingerprint density at radius 3 is 2.67 bits per heavy atom. The highest BCUT2D eigenvalue weighted by atomic mass is 19.1. The zero-order chi connectivity index (χ0) is 12.4. The number of ether oxygens (including phenoxy) is 1. The molecule has 18 heavy (non-hydrogen) atoms. The summed E-state index contributed by atoms with van der Waals surface area (Å²) < 4.78 is 18.7. The molecule has 3 rings (SSSR count). The van der Waals surface area contributed by atoms with Crippen molar-refractivity contribution in [2.24, 2.45) is 0 Å². The molecule has 2 aromatic carbocycles. The van der Waals surface area contributed by atoms with Crippen molar-refractivity contribution >= 4 is 11.0 Å². The van der Waals surface area contributed by atoms with Gasteiger partial charge in [0.2, 0.25) is 0 Å². The van der Waals surface area contributed by atoms with Gasteiger partial charge in [0.1, 0.15) is 12.4 Å². The minimum atomic E-state index is -0.367. The fraction of sp³-hybridized carbons (Fsp3) is 0.0714. The number of hydrogen-bond acceptors (Lipinski definition) is 2. The molecule has 3 aromatic rings. The Morgan fingerprint density at radius 1 is 1.06 bits per heavy atom. The third-order valence-corrected chi connectivity index (χ3v) is 2.64. The molecule has 3 nitrogen and oxygen atoms in total. The Morgan fingerprint density at radius 2 is 1.83 bits per heavy atom. The van der Waals surface area contributed by atoms with Gasteiger partial charge >= 0.3 is 0 Å². The van der Waals surface area contributed by atoms with Crippen LogP contribution < -0.4 is 4.74 Å². The monoisotopic (exact) mass is 242 g/mol. The zero-order valence-electron chi connectivity index (χ0n) is 9.56. The van der Waals surface area contributed by atoms with Gasteiger partial charge in [0.05, 0.1) is 11.0 Å². The van der Waals surface area contributed by atoms with Crippen LogP contribution in [0.1, 0.15) is 5.82 Å². The van der Waals surface area contributed by atoms with E-state index in [1.165, 1.54) is 6.07 Å². The second-order valence-electron chi connectivity index (χ2n) is 3.92. The predicted octanol–water partition coefficient (Wildman–Crippen LogP) is 3.28. The Bertz CT molecular complexity index is 645. The van der Waals surface area contributed by atoms with Crippen molar-refractivity contribution in [3.63, 3.8) is 0 Å². The largest absolute Gasteiger partial charge is 0.483 e. The van der Waals surface area contributed by atoms with E-state index in [0.29, 0.717) is 5.82 Å². The number of para-hydroxylation sites is 3. The molecule has 4 heteroatoms. The first-order valence-corrected chi connectivity index (χ1v) is 5.64. The van der Waals surface area contributed by atoms with Crippen molar-refractivity contribution in [1.82, 2.24) is 9.97 Å². The third-order valence-electron chi connectivity index (χ3n) is 2.64. The molecular formula is C14H11FN2O. The summed E-state index contributed by atoms with van der Waals surface area (Å²) in [6.07, 6.45) is 0. The van der Waals surface area contributed by atoms with Gasteiger partial charge in [-0.1, -0.05) is 24.3 Å². The number of hydrogen-bond donors (Lipinski definition) is 1. The van der Waals surface area contributed by atoms with Gasteiger partial charge in [0, 0.05) is 0 Å². The van der Waals surface area contributed by atoms with E-state index in [2.05, 4.69) is 9.97 Å². The van der Waals surface area contributed by atoms with Crippen LogP contribution in [0.4, 0.5) is 4.39 Å². The zero-order valence-corrected chi connectivity index (χ0v) is 9.56. The molecule has 0 unspecified atom stereocenters. The number of benzene rings is 2. The Kier molecular flexibility index (Phi) is 2.68. The Labute approximate surface area is 103 Å². The summed E-state index contributed by atoms with van der Waals surface area (Å²) in [4.78, 5) is 7.48. The smallest absolute Gasteiger partial charge is 0.165 e. The van der Waals surface area contributed by atoms with E-state index in [1.54, 1.807) is 18.2 Å². The van der Waals surface area contributed by atoms with E-state index < -0.39 is 0 Å². The molecule has 0 bridgehead atoms. The van der Waals surface area contributed by atoms with E-state index in [1.807, 2.05) is 24.3 Å². The van der Waals surface area contributed by atoms with Crippen molar-refractivity contribution in [2.45, 2.75) is 6.61 Å². The van der Waals surface area contributed by atoms with E-state index in [4.69, 9.17) is 4.74 Å². The van der Waals surface area contributed by atoms with Crippen LogP contribution in [0, 0.1) is 5.82 Å². The molecule has 1 heterocycles. The number of rotatable bonds is 3. The quantitative estimate of drug-likeness (QED) is 0.765. The first-order valence-electron chi connectivity index (χ1n) is 5.64. The van der Waals surface area contributed by atoms with Crippen LogP contribution in [0.15, 0.2) is 48.5 Å². The van der Waals surface area contributed by atoms with Crippen molar-refractivity contribution in [1.29, 1.82) is 0 Å². The molecule has 0 saturated carbocycles. The number of imidazole rings is 1. The number of H-pyrrole nitrogens is 1. The van der Waals surface area contributed by atoms with Crippen LogP contribution in [-0.2, 0) is 6.61 Å². The lowest BCUT2D eigenvalue weighted by Crippen LogP contribution is -1.98. The summed E-state index contributed by atoms with van der Waals surface area (Å²) in [5.74, 6) is 0.547. The van der Waals surface area contributed by atoms with Gasteiger partial charge in [-0.2, -0.15) is 0 Å². The molecule has 0 spiro atoms. The molecule has 0 radical (unpaired) electrons. The fourth-order valence-electron chi connectivity index (χ4n) is 1.78. The van der Waals surface area contributed by atoms with Gasteiger partial charge in [-0.15, -0.1) is 0 Å². The van der Waals surface area contributed by atoms with E-state index in [9.17, 15) is 4.39 Å². The lowest BCUT2D eigenvalue weighted by atomic mass is 10.3. The average Bonchev–Trinajstić information content (AvgIpc) is 2.80. The van der Waals surface area contributed by atoms with Crippen LogP contribution in [0.25, 0.3) is 11.0 Å². The van der Waals surface area contributed by atoms with E-state index in [-0.39, 0.29) is 18.2 Å². The fourth-order valence-corrected chi connectivity index (χ4v) is 1.78. The highest BCUT2D eigenvalue weighted by molar-refractivity contribution is 5.74. The molecule has 1 aromatic heterocycles. The summed E-state index contributed by atoms with van der Waals surface area (Å²) in [6, 6.07) is 14.0. The normalized spacial score (nSPS) is 10.7. The predicted molar refractivity (Wildman–Crippen MR) is 66.8 cm³/mol. The van der Waals surface area contributed by atoms with E-state index in [0.717, 1.165) is 11.0 Å². The minimum Gasteiger partial charge on any atom is -0.483 e. The molecular weight excluding hydrogens is 231 g/mol. The summed E-state index contributed by atoms with van der Waals surface area (Å²) in [5, 5.41) is 0. The first-order chi connectivity index (χ1) is 8.83. The Hall–Kier alpha value is -2.36. The van der Waals surface area contributed by atoms with Crippen LogP contribution in [-0.4, -0.2) is 9.97 Å². The second kappa shape index (κ2) is 4.49. The third kappa shape index (κ3) is 2.05. The number of aromatic nitrogens is 2. The maximum absolute atomic E-state index is 13.3. The van der Waals surface area contributed by atoms with Gasteiger partial charge in [0.25, 0.3) is 0 Å². The molecule has 0 fully saturated rings. The maximum Gasteiger partial charge on any atom is 0.165 e. The first kappa shape index (κ1) is 10.8. The number of nitrogens with zero attached hydrogens (tertiary/aromatic N) is 1. The minimum absolute atomic E-state index is 0.218. The SMILES string of the molecule is Fc1ccccc1OCc1nc2ccccc2[nH]1. The maximum atomic E-state index is 13.3. The van der Waals surface area contributed by atoms with E-state index >= 15 is 0 Å². The van der Waals surface area contributed by atoms with Crippen LogP contribution in [0.5, 0.6) is 5.75 Å². The van der Waals surface area contributed by atoms with Crippen LogP contribution in [0.2, 0.25) is 0 Å². The lowest BCUT2D eigenvalue weighted by molar-refractivity contribution is 0.282. The number of aromatic amines is 1. The highest BCUT2D eigenvalue weighted by Gasteiger charge is 2.05. The van der Waals surface area contributed by atoms with Crippen molar-refractivity contribution in [2.75, 3.05) is 0 Å². The molecule has 0 aliphatic rings. The van der Waals surface area contributed by atoms with Gasteiger partial charge in [0.15, 0.2) is 11.6 Å². The van der Waals surface area contributed by atoms with Gasteiger partial charge in [-0.05, 0) is 24.3 Å². The molecule has 0 aliphatic carbocycles. The second-order valence-corrected chi connectivity index (χ2v) is 3.92. The molecule has 90 valence electrons. The van der Waals surface area contributed by atoms with Crippen LogP contribution >= 0.6 is 0 Å². The van der Waals surface area contributed by atoms with Crippen LogP contribution in [0.3, 0.4) is 0 Å². The average molecular weight is 242 g/mol. The molecule has 0 amide bonds. The number of fused-ring (bicyclic) bond motifs is 1. The standard InChI is InChI=1S/C14H11FN2O/c15-10-5-1-4-8-13(10)18-9-14-16-11-6-2-3-7-12(11)17-14/h1-8H,9H2,(H,16,17). The molecule has 0 aliphatic heterocycles. The highest BCUT2D eigenvalue weighted by Crippen LogP contribution is 2.17. The lowest BCUT2D eigenvalue weighted by Gasteiger charge is -2.04. The summed E-state index contributed by atoms with van der Waals surface area (Å²) in [6.45, 7) is 0.218. The molecule has 0 atom stereocenters. The summed E-state index contributed by atoms with van der Waals surface area (Å²) in [7, 11) is 0. The van der Waals surface area contributed by atoms with Crippen molar-refractivity contribution < 1.29 is 9.13 Å². The molecule has 0 saturated heterocycles. The van der Waals surface area contributed by atoms with Gasteiger partial charge < -0.3 is 9.72 Å². The number of halogens is 1. The summed E-state index contributed by atoms with van der Waals surface area (Å²) in [5.41, 5.74) is 1.83. The van der Waals surface area contributed by atoms with Gasteiger partial charge in [-0.25, -0.2) is 9.37 Å². The Balaban J connectivity index is 1.79. The van der Waals surface area contributed by atoms with Crippen molar-refractivity contribution in [3.05, 3.63) is 60.2 Å².